The number of nitrogens with zero attached hydrogens (tertiary/aromatic N) is 3. The normalized spacial score (nSPS) is 17.3. The number of carbonyl (C=O) groups is 1. The lowest BCUT2D eigenvalue weighted by molar-refractivity contribution is 0.102. The Bertz CT molecular complexity index is 794. The van der Waals surface area contributed by atoms with Crippen LogP contribution in [0.25, 0.3) is 0 Å². The van der Waals surface area contributed by atoms with Gasteiger partial charge in [0.05, 0.1) is 11.9 Å². The molecule has 0 aliphatic carbocycles. The number of pyridine rings is 1. The summed E-state index contributed by atoms with van der Waals surface area (Å²) in [6.07, 6.45) is 5.85. The number of benzene rings is 1. The van der Waals surface area contributed by atoms with Crippen molar-refractivity contribution in [2.24, 2.45) is 0 Å². The van der Waals surface area contributed by atoms with Gasteiger partial charge in [-0.05, 0) is 55.6 Å². The summed E-state index contributed by atoms with van der Waals surface area (Å²) in [4.78, 5) is 18.7. The maximum atomic E-state index is 12.4. The van der Waals surface area contributed by atoms with Gasteiger partial charge in [-0.15, -0.1) is 0 Å². The molecule has 1 fully saturated rings. The van der Waals surface area contributed by atoms with Gasteiger partial charge in [0.2, 0.25) is 0 Å². The highest BCUT2D eigenvalue weighted by molar-refractivity contribution is 6.04. The molecule has 140 valence electrons. The maximum absolute atomic E-state index is 12.4. The molecule has 1 unspecified atom stereocenters. The minimum absolute atomic E-state index is 0.204. The van der Waals surface area contributed by atoms with E-state index in [4.69, 9.17) is 5.26 Å². The molecule has 1 amide bonds. The van der Waals surface area contributed by atoms with E-state index in [1.54, 1.807) is 12.1 Å². The Hall–Kier alpha value is -2.75. The van der Waals surface area contributed by atoms with E-state index in [9.17, 15) is 9.90 Å². The van der Waals surface area contributed by atoms with Crippen LogP contribution in [0.4, 0.5) is 5.69 Å². The number of amides is 1. The van der Waals surface area contributed by atoms with Gasteiger partial charge in [-0.25, -0.2) is 4.98 Å². The molecule has 6 heteroatoms. The SMILES string of the molecule is N#Cc1ccc(NC(=O)c2ccc(CN3CCCCC3CCO)cc2)cn1. The number of hydrogen-bond donors (Lipinski definition) is 2. The van der Waals surface area contributed by atoms with Gasteiger partial charge in [0.25, 0.3) is 5.91 Å². The van der Waals surface area contributed by atoms with Gasteiger partial charge < -0.3 is 10.4 Å². The fraction of sp³-hybridized carbons (Fsp3) is 0.381. The Labute approximate surface area is 159 Å². The fourth-order valence-corrected chi connectivity index (χ4v) is 3.48. The summed E-state index contributed by atoms with van der Waals surface area (Å²) < 4.78 is 0. The molecule has 6 nitrogen and oxygen atoms in total. The predicted octanol–water partition coefficient (Wildman–Crippen LogP) is 2.94. The van der Waals surface area contributed by atoms with Gasteiger partial charge in [-0.1, -0.05) is 18.6 Å². The van der Waals surface area contributed by atoms with Crippen molar-refractivity contribution in [2.75, 3.05) is 18.5 Å². The number of aliphatic hydroxyl groups is 1. The first-order valence-corrected chi connectivity index (χ1v) is 9.31. The zero-order valence-corrected chi connectivity index (χ0v) is 15.3. The second-order valence-corrected chi connectivity index (χ2v) is 6.83. The Kier molecular flexibility index (Phi) is 6.53. The van der Waals surface area contributed by atoms with Crippen molar-refractivity contribution >= 4 is 11.6 Å². The average Bonchev–Trinajstić information content (AvgIpc) is 2.71. The van der Waals surface area contributed by atoms with E-state index >= 15 is 0 Å². The molecule has 1 aromatic carbocycles. The summed E-state index contributed by atoms with van der Waals surface area (Å²) in [5.74, 6) is -0.204. The van der Waals surface area contributed by atoms with Crippen LogP contribution in [-0.2, 0) is 6.54 Å². The van der Waals surface area contributed by atoms with E-state index in [2.05, 4.69) is 15.2 Å². The van der Waals surface area contributed by atoms with Crippen molar-refractivity contribution in [2.45, 2.75) is 38.3 Å². The first kappa shape index (κ1) is 19.0. The lowest BCUT2D eigenvalue weighted by Gasteiger charge is -2.35. The molecular weight excluding hydrogens is 340 g/mol. The summed E-state index contributed by atoms with van der Waals surface area (Å²) in [5, 5.41) is 20.8. The first-order chi connectivity index (χ1) is 13.2. The van der Waals surface area contributed by atoms with Gasteiger partial charge in [-0.2, -0.15) is 5.26 Å². The van der Waals surface area contributed by atoms with Crippen LogP contribution in [0.3, 0.4) is 0 Å². The summed E-state index contributed by atoms with van der Waals surface area (Å²) >= 11 is 0. The van der Waals surface area contributed by atoms with Gasteiger partial charge in [0, 0.05) is 24.8 Å². The molecule has 0 spiro atoms. The molecule has 2 aromatic rings. The highest BCUT2D eigenvalue weighted by Gasteiger charge is 2.21. The molecule has 2 heterocycles. The molecule has 1 aromatic heterocycles. The topological polar surface area (TPSA) is 89.2 Å². The number of nitriles is 1. The third-order valence-corrected chi connectivity index (χ3v) is 4.95. The van der Waals surface area contributed by atoms with E-state index in [0.717, 1.165) is 31.5 Å². The van der Waals surface area contributed by atoms with E-state index in [-0.39, 0.29) is 12.5 Å². The van der Waals surface area contributed by atoms with Crippen LogP contribution in [0.5, 0.6) is 0 Å². The molecule has 1 aliphatic heterocycles. The fourth-order valence-electron chi connectivity index (χ4n) is 3.48. The number of aromatic nitrogens is 1. The maximum Gasteiger partial charge on any atom is 0.255 e. The number of piperidine rings is 1. The Morgan fingerprint density at radius 3 is 2.74 bits per heavy atom. The standard InChI is InChI=1S/C21H24N4O2/c22-13-18-8-9-19(14-23-18)24-21(27)17-6-4-16(5-7-17)15-25-11-2-1-3-20(25)10-12-26/h4-9,14,20,26H,1-3,10-12,15H2,(H,24,27). The number of likely N-dealkylation sites (tertiary alicyclic amines) is 1. The predicted molar refractivity (Wildman–Crippen MR) is 103 cm³/mol. The number of carbonyl (C=O) groups excluding carboxylic acids is 1. The number of nitrogens with one attached hydrogen (secondary N) is 1. The zero-order valence-electron chi connectivity index (χ0n) is 15.3. The van der Waals surface area contributed by atoms with Crippen molar-refractivity contribution in [3.63, 3.8) is 0 Å². The highest BCUT2D eigenvalue weighted by atomic mass is 16.3. The van der Waals surface area contributed by atoms with Crippen LogP contribution in [0.2, 0.25) is 0 Å². The van der Waals surface area contributed by atoms with Gasteiger partial charge >= 0.3 is 0 Å². The molecule has 0 radical (unpaired) electrons. The van der Waals surface area contributed by atoms with Crippen LogP contribution in [-0.4, -0.2) is 40.1 Å². The number of aliphatic hydroxyl groups excluding tert-OH is 1. The summed E-state index contributed by atoms with van der Waals surface area (Å²) in [6, 6.07) is 13.2. The molecule has 1 atom stereocenters. The van der Waals surface area contributed by atoms with Crippen molar-refractivity contribution in [3.05, 3.63) is 59.4 Å². The largest absolute Gasteiger partial charge is 0.396 e. The first-order valence-electron chi connectivity index (χ1n) is 9.31. The molecule has 0 bridgehead atoms. The lowest BCUT2D eigenvalue weighted by Crippen LogP contribution is -2.39. The van der Waals surface area contributed by atoms with Crippen LogP contribution < -0.4 is 5.32 Å². The van der Waals surface area contributed by atoms with Crippen molar-refractivity contribution < 1.29 is 9.90 Å². The van der Waals surface area contributed by atoms with Crippen LogP contribution >= 0.6 is 0 Å². The van der Waals surface area contributed by atoms with E-state index < -0.39 is 0 Å². The highest BCUT2D eigenvalue weighted by Crippen LogP contribution is 2.22. The summed E-state index contributed by atoms with van der Waals surface area (Å²) in [6.45, 7) is 2.12. The molecule has 0 saturated carbocycles. The van der Waals surface area contributed by atoms with Gasteiger partial charge in [-0.3, -0.25) is 9.69 Å². The number of hydrogen-bond acceptors (Lipinski definition) is 5. The average molecular weight is 364 g/mol. The van der Waals surface area contributed by atoms with Crippen molar-refractivity contribution in [3.8, 4) is 6.07 Å². The summed E-state index contributed by atoms with van der Waals surface area (Å²) in [5.41, 5.74) is 2.61. The molecule has 27 heavy (non-hydrogen) atoms. The quantitative estimate of drug-likeness (QED) is 0.823. The molecule has 3 rings (SSSR count). The van der Waals surface area contributed by atoms with Gasteiger partial charge in [0.1, 0.15) is 11.8 Å². The molecular formula is C21H24N4O2. The zero-order chi connectivity index (χ0) is 19.1. The third kappa shape index (κ3) is 5.13. The van der Waals surface area contributed by atoms with Crippen molar-refractivity contribution in [1.29, 1.82) is 5.26 Å². The Morgan fingerprint density at radius 2 is 2.07 bits per heavy atom. The molecule has 1 aliphatic rings. The number of anilines is 1. The number of rotatable bonds is 6. The second kappa shape index (κ2) is 9.26. The van der Waals surface area contributed by atoms with Gasteiger partial charge in [0.15, 0.2) is 0 Å². The van der Waals surface area contributed by atoms with Crippen LogP contribution in [0, 0.1) is 11.3 Å². The monoisotopic (exact) mass is 364 g/mol. The third-order valence-electron chi connectivity index (χ3n) is 4.95. The Morgan fingerprint density at radius 1 is 1.26 bits per heavy atom. The molecule has 1 saturated heterocycles. The Balaban J connectivity index is 1.60. The van der Waals surface area contributed by atoms with Crippen LogP contribution in [0.15, 0.2) is 42.6 Å². The lowest BCUT2D eigenvalue weighted by atomic mass is 9.98. The van der Waals surface area contributed by atoms with E-state index in [0.29, 0.717) is 23.0 Å². The van der Waals surface area contributed by atoms with Crippen molar-refractivity contribution in [1.82, 2.24) is 9.88 Å². The minimum Gasteiger partial charge on any atom is -0.396 e. The minimum atomic E-state index is -0.204. The van der Waals surface area contributed by atoms with E-state index in [1.165, 1.54) is 19.0 Å². The molecule has 2 N–H and O–H groups in total. The van der Waals surface area contributed by atoms with Crippen LogP contribution in [0.1, 0.15) is 47.3 Å². The summed E-state index contributed by atoms with van der Waals surface area (Å²) in [7, 11) is 0. The second-order valence-electron chi connectivity index (χ2n) is 6.83. The smallest absolute Gasteiger partial charge is 0.255 e. The van der Waals surface area contributed by atoms with E-state index in [1.807, 2.05) is 30.3 Å².